The first-order valence-electron chi connectivity index (χ1n) is 4.41. The minimum Gasteiger partial charge on any atom is -0.396 e. The van der Waals surface area contributed by atoms with E-state index < -0.39 is 0 Å². The fourth-order valence-electron chi connectivity index (χ4n) is 0.615. The third kappa shape index (κ3) is 22.5. The lowest BCUT2D eigenvalue weighted by atomic mass is 10.4. The minimum atomic E-state index is 0.0938. The van der Waals surface area contributed by atoms with Gasteiger partial charge in [0, 0.05) is 13.2 Å². The van der Waals surface area contributed by atoms with E-state index in [0.29, 0.717) is 18.6 Å². The van der Waals surface area contributed by atoms with Crippen LogP contribution in [-0.4, -0.2) is 35.6 Å². The summed E-state index contributed by atoms with van der Waals surface area (Å²) >= 11 is 0. The molecule has 0 radical (unpaired) electrons. The van der Waals surface area contributed by atoms with Crippen molar-refractivity contribution in [2.24, 2.45) is 0 Å². The van der Waals surface area contributed by atoms with Crippen molar-refractivity contribution in [3.63, 3.8) is 0 Å². The van der Waals surface area contributed by atoms with Crippen molar-refractivity contribution in [1.29, 1.82) is 0 Å². The Morgan fingerprint density at radius 2 is 1.25 bits per heavy atom. The normalized spacial score (nSPS) is 10.0. The van der Waals surface area contributed by atoms with Crippen LogP contribution in [0.5, 0.6) is 0 Å². The monoisotopic (exact) mass is 178 g/mol. The van der Waals surface area contributed by atoms with Gasteiger partial charge in [-0.1, -0.05) is 0 Å². The summed E-state index contributed by atoms with van der Waals surface area (Å²) in [7, 11) is 0. The van der Waals surface area contributed by atoms with E-state index in [1.807, 2.05) is 27.7 Å². The first-order chi connectivity index (χ1) is 5.54. The summed E-state index contributed by atoms with van der Waals surface area (Å²) in [5, 5.41) is 15.8. The zero-order valence-corrected chi connectivity index (χ0v) is 8.58. The number of hydrogen-bond donors (Lipinski definition) is 2. The maximum absolute atomic E-state index is 7.91. The number of ether oxygens (including phenoxy) is 1. The maximum atomic E-state index is 7.91. The minimum absolute atomic E-state index is 0.0938. The van der Waals surface area contributed by atoms with Crippen LogP contribution in [0.15, 0.2) is 0 Å². The van der Waals surface area contributed by atoms with Crippen LogP contribution < -0.4 is 0 Å². The van der Waals surface area contributed by atoms with E-state index in [9.17, 15) is 0 Å². The van der Waals surface area contributed by atoms with Gasteiger partial charge in [0.05, 0.1) is 12.2 Å². The smallest absolute Gasteiger partial charge is 0.0522 e. The lowest BCUT2D eigenvalue weighted by molar-refractivity contribution is 0.0300. The van der Waals surface area contributed by atoms with E-state index in [2.05, 4.69) is 0 Å². The Labute approximate surface area is 75.4 Å². The summed E-state index contributed by atoms with van der Waals surface area (Å²) in [5.41, 5.74) is 0. The van der Waals surface area contributed by atoms with Gasteiger partial charge in [-0.3, -0.25) is 0 Å². The van der Waals surface area contributed by atoms with Crippen molar-refractivity contribution in [3.8, 4) is 0 Å². The molecule has 0 aliphatic rings. The van der Waals surface area contributed by atoms with Crippen LogP contribution in [0, 0.1) is 0 Å². The van der Waals surface area contributed by atoms with Crippen molar-refractivity contribution in [2.75, 3.05) is 13.2 Å². The Morgan fingerprint density at radius 1 is 0.917 bits per heavy atom. The molecule has 12 heavy (non-hydrogen) atoms. The van der Waals surface area contributed by atoms with Crippen LogP contribution in [-0.2, 0) is 4.74 Å². The molecule has 0 aromatic heterocycles. The van der Waals surface area contributed by atoms with Crippen LogP contribution in [0.1, 0.15) is 34.1 Å². The van der Waals surface area contributed by atoms with Crippen LogP contribution in [0.4, 0.5) is 0 Å². The fourth-order valence-corrected chi connectivity index (χ4v) is 0.615. The Balaban J connectivity index is 0. The Kier molecular flexibility index (Phi) is 13.1. The molecular weight excluding hydrogens is 156 g/mol. The second kappa shape index (κ2) is 10.9. The van der Waals surface area contributed by atoms with Gasteiger partial charge in [-0.05, 0) is 34.1 Å². The zero-order chi connectivity index (χ0) is 9.98. The highest BCUT2D eigenvalue weighted by atomic mass is 16.5. The average molecular weight is 178 g/mol. The van der Waals surface area contributed by atoms with Crippen molar-refractivity contribution in [2.45, 2.75) is 46.3 Å². The van der Waals surface area contributed by atoms with Crippen molar-refractivity contribution < 1.29 is 14.9 Å². The molecular formula is C9H22O3. The van der Waals surface area contributed by atoms with Gasteiger partial charge < -0.3 is 14.9 Å². The van der Waals surface area contributed by atoms with Gasteiger partial charge in [0.2, 0.25) is 0 Å². The predicted molar refractivity (Wildman–Crippen MR) is 50.1 cm³/mol. The molecule has 2 N–H and O–H groups in total. The number of rotatable bonds is 4. The number of hydrogen-bond acceptors (Lipinski definition) is 3. The molecule has 0 bridgehead atoms. The quantitative estimate of drug-likeness (QED) is 0.679. The van der Waals surface area contributed by atoms with Gasteiger partial charge in [0.1, 0.15) is 0 Å². The van der Waals surface area contributed by atoms with Crippen molar-refractivity contribution in [3.05, 3.63) is 0 Å². The molecule has 0 heterocycles. The largest absolute Gasteiger partial charge is 0.396 e. The molecule has 0 amide bonds. The highest BCUT2D eigenvalue weighted by Crippen LogP contribution is 1.93. The molecule has 0 spiro atoms. The van der Waals surface area contributed by atoms with Gasteiger partial charge in [0.15, 0.2) is 0 Å². The van der Waals surface area contributed by atoms with E-state index in [1.165, 1.54) is 0 Å². The van der Waals surface area contributed by atoms with E-state index in [-0.39, 0.29) is 13.2 Å². The van der Waals surface area contributed by atoms with E-state index >= 15 is 0 Å². The van der Waals surface area contributed by atoms with Gasteiger partial charge in [-0.15, -0.1) is 0 Å². The molecule has 0 rings (SSSR count). The predicted octanol–water partition coefficient (Wildman–Crippen LogP) is 1.18. The van der Waals surface area contributed by atoms with Crippen molar-refractivity contribution >= 4 is 0 Å². The summed E-state index contributed by atoms with van der Waals surface area (Å²) in [5.74, 6) is 0. The summed E-state index contributed by atoms with van der Waals surface area (Å²) in [6.07, 6.45) is 1.25. The van der Waals surface area contributed by atoms with E-state index in [4.69, 9.17) is 14.9 Å². The standard InChI is InChI=1S/C6H14O.C3H8O2/c1-5(2)7-6(3)4;4-2-1-3-5/h5-6H,1-4H3;4-5H,1-3H2. The first kappa shape index (κ1) is 14.4. The van der Waals surface area contributed by atoms with Gasteiger partial charge in [0.25, 0.3) is 0 Å². The number of aliphatic hydroxyl groups excluding tert-OH is 2. The molecule has 0 aliphatic heterocycles. The lowest BCUT2D eigenvalue weighted by Gasteiger charge is -2.09. The summed E-state index contributed by atoms with van der Waals surface area (Å²) in [6.45, 7) is 8.35. The first-order valence-corrected chi connectivity index (χ1v) is 4.41. The third-order valence-electron chi connectivity index (χ3n) is 0.861. The SMILES string of the molecule is CC(C)OC(C)C.OCCCO. The van der Waals surface area contributed by atoms with Crippen LogP contribution in [0.2, 0.25) is 0 Å². The lowest BCUT2D eigenvalue weighted by Crippen LogP contribution is -2.09. The fraction of sp³-hybridized carbons (Fsp3) is 1.00. The highest BCUT2D eigenvalue weighted by Gasteiger charge is 1.94. The molecule has 76 valence electrons. The average Bonchev–Trinajstić information content (AvgIpc) is 1.87. The molecule has 3 nitrogen and oxygen atoms in total. The van der Waals surface area contributed by atoms with Crippen LogP contribution in [0.25, 0.3) is 0 Å². The zero-order valence-electron chi connectivity index (χ0n) is 8.58. The molecule has 0 saturated carbocycles. The Morgan fingerprint density at radius 3 is 1.25 bits per heavy atom. The summed E-state index contributed by atoms with van der Waals surface area (Å²) < 4.78 is 5.25. The number of aliphatic hydroxyl groups is 2. The maximum Gasteiger partial charge on any atom is 0.0522 e. The molecule has 0 unspecified atom stereocenters. The summed E-state index contributed by atoms with van der Waals surface area (Å²) in [4.78, 5) is 0. The van der Waals surface area contributed by atoms with Gasteiger partial charge in [-0.25, -0.2) is 0 Å². The Hall–Kier alpha value is -0.120. The summed E-state index contributed by atoms with van der Waals surface area (Å²) in [6, 6.07) is 0. The van der Waals surface area contributed by atoms with Crippen molar-refractivity contribution in [1.82, 2.24) is 0 Å². The molecule has 3 heteroatoms. The van der Waals surface area contributed by atoms with Crippen LogP contribution >= 0.6 is 0 Å². The second-order valence-electron chi connectivity index (χ2n) is 3.03. The molecule has 0 aliphatic carbocycles. The van der Waals surface area contributed by atoms with Gasteiger partial charge in [-0.2, -0.15) is 0 Å². The topological polar surface area (TPSA) is 49.7 Å². The van der Waals surface area contributed by atoms with Gasteiger partial charge >= 0.3 is 0 Å². The molecule has 0 saturated heterocycles. The molecule has 0 fully saturated rings. The third-order valence-corrected chi connectivity index (χ3v) is 0.861. The second-order valence-corrected chi connectivity index (χ2v) is 3.03. The van der Waals surface area contributed by atoms with Crippen LogP contribution in [0.3, 0.4) is 0 Å². The molecule has 0 atom stereocenters. The Bertz CT molecular complexity index is 64.2. The molecule has 0 aromatic rings. The molecule has 0 aromatic carbocycles. The van der Waals surface area contributed by atoms with E-state index in [0.717, 1.165) is 0 Å². The van der Waals surface area contributed by atoms with E-state index in [1.54, 1.807) is 0 Å². The highest BCUT2D eigenvalue weighted by molar-refractivity contribution is 4.40.